The molecule has 0 aliphatic carbocycles. The molecule has 1 N–H and O–H groups in total. The third kappa shape index (κ3) is 2.29. The maximum Gasteiger partial charge on any atom is 0.0406 e. The fourth-order valence-corrected chi connectivity index (χ4v) is 3.17. The minimum absolute atomic E-state index is 0.0438. The highest BCUT2D eigenvalue weighted by Crippen LogP contribution is 2.39. The van der Waals surface area contributed by atoms with Gasteiger partial charge in [-0.3, -0.25) is 0 Å². The van der Waals surface area contributed by atoms with Gasteiger partial charge in [-0.1, -0.05) is 48.0 Å². The summed E-state index contributed by atoms with van der Waals surface area (Å²) in [5.74, 6) is 0.356. The minimum atomic E-state index is 0.0438. The molecule has 0 radical (unpaired) electrons. The van der Waals surface area contributed by atoms with Crippen molar-refractivity contribution in [1.29, 1.82) is 0 Å². The van der Waals surface area contributed by atoms with Crippen LogP contribution in [0.25, 0.3) is 0 Å². The average Bonchev–Trinajstić information content (AvgIpc) is 2.40. The maximum absolute atomic E-state index is 6.01. The van der Waals surface area contributed by atoms with Crippen molar-refractivity contribution in [2.24, 2.45) is 0 Å². The number of hydrogen-bond acceptors (Lipinski definition) is 1. The number of nitrogens with one attached hydrogen (secondary N) is 1. The van der Waals surface area contributed by atoms with Gasteiger partial charge >= 0.3 is 0 Å². The van der Waals surface area contributed by atoms with E-state index in [-0.39, 0.29) is 5.54 Å². The van der Waals surface area contributed by atoms with Crippen molar-refractivity contribution in [3.8, 4) is 0 Å². The van der Waals surface area contributed by atoms with E-state index < -0.39 is 0 Å². The van der Waals surface area contributed by atoms with Crippen LogP contribution in [0.2, 0.25) is 5.02 Å². The summed E-state index contributed by atoms with van der Waals surface area (Å²) in [7, 11) is 0. The van der Waals surface area contributed by atoms with E-state index in [2.05, 4.69) is 55.6 Å². The molecule has 1 nitrogen and oxygen atoms in total. The maximum atomic E-state index is 6.01. The van der Waals surface area contributed by atoms with E-state index in [1.54, 1.807) is 0 Å². The number of halogens is 1. The van der Waals surface area contributed by atoms with Crippen molar-refractivity contribution < 1.29 is 0 Å². The van der Waals surface area contributed by atoms with E-state index in [4.69, 9.17) is 11.6 Å². The molecule has 1 heterocycles. The molecule has 1 aliphatic rings. The molecular weight excluding hydrogens is 254 g/mol. The minimum Gasteiger partial charge on any atom is -0.307 e. The quantitative estimate of drug-likeness (QED) is 0.813. The van der Waals surface area contributed by atoms with Crippen LogP contribution in [0.4, 0.5) is 0 Å². The van der Waals surface area contributed by atoms with Crippen LogP contribution in [0.5, 0.6) is 0 Å². The molecule has 0 fully saturated rings. The van der Waals surface area contributed by atoms with Gasteiger partial charge in [0.15, 0.2) is 0 Å². The van der Waals surface area contributed by atoms with Gasteiger partial charge in [0.2, 0.25) is 0 Å². The van der Waals surface area contributed by atoms with Crippen molar-refractivity contribution in [3.63, 3.8) is 0 Å². The van der Waals surface area contributed by atoms with Crippen LogP contribution in [0.1, 0.15) is 36.5 Å². The van der Waals surface area contributed by atoms with Crippen LogP contribution < -0.4 is 5.32 Å². The lowest BCUT2D eigenvalue weighted by atomic mass is 9.73. The van der Waals surface area contributed by atoms with Crippen molar-refractivity contribution in [1.82, 2.24) is 5.32 Å². The predicted molar refractivity (Wildman–Crippen MR) is 80.7 cm³/mol. The molecule has 0 saturated carbocycles. The molecule has 0 spiro atoms. The van der Waals surface area contributed by atoms with Crippen molar-refractivity contribution in [2.45, 2.75) is 31.8 Å². The summed E-state index contributed by atoms with van der Waals surface area (Å²) in [6.07, 6.45) is 0. The van der Waals surface area contributed by atoms with Gasteiger partial charge in [-0.15, -0.1) is 0 Å². The monoisotopic (exact) mass is 271 g/mol. The number of rotatable bonds is 1. The Morgan fingerprint density at radius 1 is 1.05 bits per heavy atom. The van der Waals surface area contributed by atoms with Crippen molar-refractivity contribution in [3.05, 3.63) is 70.2 Å². The van der Waals surface area contributed by atoms with Crippen LogP contribution >= 0.6 is 11.6 Å². The van der Waals surface area contributed by atoms with Gasteiger partial charge < -0.3 is 5.32 Å². The number of benzene rings is 2. The first-order chi connectivity index (χ1) is 9.08. The Morgan fingerprint density at radius 2 is 1.74 bits per heavy atom. The van der Waals surface area contributed by atoms with E-state index in [0.29, 0.717) is 5.92 Å². The van der Waals surface area contributed by atoms with Gasteiger partial charge in [-0.25, -0.2) is 0 Å². The second-order valence-corrected chi connectivity index (χ2v) is 6.20. The Labute approximate surface area is 119 Å². The lowest BCUT2D eigenvalue weighted by molar-refractivity contribution is 0.323. The average molecular weight is 272 g/mol. The molecular formula is C17H18ClN. The zero-order valence-electron chi connectivity index (χ0n) is 11.3. The summed E-state index contributed by atoms with van der Waals surface area (Å²) >= 11 is 6.01. The summed E-state index contributed by atoms with van der Waals surface area (Å²) in [5, 5.41) is 4.44. The van der Waals surface area contributed by atoms with Gasteiger partial charge in [0.1, 0.15) is 0 Å². The smallest absolute Gasteiger partial charge is 0.0406 e. The summed E-state index contributed by atoms with van der Waals surface area (Å²) in [6.45, 7) is 5.47. The molecule has 0 unspecified atom stereocenters. The van der Waals surface area contributed by atoms with E-state index in [0.717, 1.165) is 11.6 Å². The molecule has 0 amide bonds. The SMILES string of the molecule is CC1(C)NCc2ccccc2[C@H]1c1ccc(Cl)cc1. The zero-order valence-corrected chi connectivity index (χ0v) is 12.0. The van der Waals surface area contributed by atoms with Gasteiger partial charge in [0.25, 0.3) is 0 Å². The Hall–Kier alpha value is -1.31. The first kappa shape index (κ1) is 12.7. The topological polar surface area (TPSA) is 12.0 Å². The number of hydrogen-bond donors (Lipinski definition) is 1. The molecule has 0 bridgehead atoms. The largest absolute Gasteiger partial charge is 0.307 e. The summed E-state index contributed by atoms with van der Waals surface area (Å²) in [4.78, 5) is 0. The lowest BCUT2D eigenvalue weighted by Crippen LogP contribution is -2.48. The molecule has 0 aromatic heterocycles. The summed E-state index contributed by atoms with van der Waals surface area (Å²) in [5.41, 5.74) is 4.17. The highest BCUT2D eigenvalue weighted by molar-refractivity contribution is 6.30. The van der Waals surface area contributed by atoms with E-state index >= 15 is 0 Å². The van der Waals surface area contributed by atoms with Crippen molar-refractivity contribution in [2.75, 3.05) is 0 Å². The molecule has 2 aromatic rings. The van der Waals surface area contributed by atoms with Crippen LogP contribution in [-0.2, 0) is 6.54 Å². The normalized spacial score (nSPS) is 20.9. The summed E-state index contributed by atoms with van der Waals surface area (Å²) in [6, 6.07) is 16.9. The standard InChI is InChI=1S/C17H18ClN/c1-17(2)16(12-7-9-14(18)10-8-12)15-6-4-3-5-13(15)11-19-17/h3-10,16,19H,11H2,1-2H3/t16-/m1/s1. The third-order valence-corrected chi connectivity index (χ3v) is 4.28. The van der Waals surface area contributed by atoms with Crippen LogP contribution in [0, 0.1) is 0 Å². The van der Waals surface area contributed by atoms with Gasteiger partial charge in [-0.2, -0.15) is 0 Å². The van der Waals surface area contributed by atoms with Crippen LogP contribution in [0.15, 0.2) is 48.5 Å². The molecule has 2 aromatic carbocycles. The fourth-order valence-electron chi connectivity index (χ4n) is 3.04. The van der Waals surface area contributed by atoms with E-state index in [1.165, 1.54) is 16.7 Å². The van der Waals surface area contributed by atoms with E-state index in [9.17, 15) is 0 Å². The van der Waals surface area contributed by atoms with Gasteiger partial charge in [0.05, 0.1) is 0 Å². The Balaban J connectivity index is 2.13. The van der Waals surface area contributed by atoms with Crippen LogP contribution in [-0.4, -0.2) is 5.54 Å². The zero-order chi connectivity index (χ0) is 13.5. The highest BCUT2D eigenvalue weighted by Gasteiger charge is 2.36. The fraction of sp³-hybridized carbons (Fsp3) is 0.294. The second kappa shape index (κ2) is 4.66. The third-order valence-electron chi connectivity index (χ3n) is 4.03. The number of fused-ring (bicyclic) bond motifs is 1. The lowest BCUT2D eigenvalue weighted by Gasteiger charge is -2.41. The van der Waals surface area contributed by atoms with Crippen molar-refractivity contribution >= 4 is 11.6 Å². The summed E-state index contributed by atoms with van der Waals surface area (Å²) < 4.78 is 0. The molecule has 19 heavy (non-hydrogen) atoms. The molecule has 1 atom stereocenters. The first-order valence-corrected chi connectivity index (χ1v) is 7.04. The Morgan fingerprint density at radius 3 is 2.47 bits per heavy atom. The Kier molecular flexibility index (Phi) is 3.12. The molecule has 98 valence electrons. The Bertz CT molecular complexity index is 586. The molecule has 1 aliphatic heterocycles. The predicted octanol–water partition coefficient (Wildman–Crippen LogP) is 4.35. The van der Waals surface area contributed by atoms with Gasteiger partial charge in [0, 0.05) is 23.0 Å². The molecule has 3 rings (SSSR count). The first-order valence-electron chi connectivity index (χ1n) is 6.66. The molecule has 0 saturated heterocycles. The second-order valence-electron chi connectivity index (χ2n) is 5.76. The highest BCUT2D eigenvalue weighted by atomic mass is 35.5. The van der Waals surface area contributed by atoms with Crippen LogP contribution in [0.3, 0.4) is 0 Å². The van der Waals surface area contributed by atoms with Gasteiger partial charge in [-0.05, 0) is 42.7 Å². The molecule has 2 heteroatoms. The van der Waals surface area contributed by atoms with E-state index in [1.807, 2.05) is 12.1 Å².